The van der Waals surface area contributed by atoms with Gasteiger partial charge in [-0.25, -0.2) is 4.98 Å². The van der Waals surface area contributed by atoms with Crippen LogP contribution in [0.4, 0.5) is 0 Å². The van der Waals surface area contributed by atoms with Gasteiger partial charge in [0.05, 0.1) is 7.11 Å². The Kier molecular flexibility index (Phi) is 5.32. The van der Waals surface area contributed by atoms with Crippen LogP contribution in [0.3, 0.4) is 0 Å². The topological polar surface area (TPSA) is 42.4 Å². The quantitative estimate of drug-likeness (QED) is 0.818. The summed E-state index contributed by atoms with van der Waals surface area (Å²) in [5, 5.41) is 0. The zero-order chi connectivity index (χ0) is 15.1. The van der Waals surface area contributed by atoms with Gasteiger partial charge in [0, 0.05) is 19.3 Å². The van der Waals surface area contributed by atoms with E-state index in [1.54, 1.807) is 18.3 Å². The summed E-state index contributed by atoms with van der Waals surface area (Å²) in [7, 11) is 1.53. The summed E-state index contributed by atoms with van der Waals surface area (Å²) < 4.78 is 5.19. The van der Waals surface area contributed by atoms with E-state index >= 15 is 0 Å². The highest BCUT2D eigenvalue weighted by molar-refractivity contribution is 5.96. The van der Waals surface area contributed by atoms with Gasteiger partial charge >= 0.3 is 0 Å². The predicted octanol–water partition coefficient (Wildman–Crippen LogP) is 3.14. The summed E-state index contributed by atoms with van der Waals surface area (Å²) in [5.41, 5.74) is 1.62. The van der Waals surface area contributed by atoms with Crippen LogP contribution >= 0.6 is 0 Å². The van der Waals surface area contributed by atoms with Crippen molar-refractivity contribution in [2.75, 3.05) is 13.7 Å². The van der Waals surface area contributed by atoms with Crippen LogP contribution in [0.5, 0.6) is 5.88 Å². The molecule has 0 bridgehead atoms. The average molecular weight is 284 g/mol. The summed E-state index contributed by atoms with van der Waals surface area (Å²) >= 11 is 0. The molecule has 1 aromatic heterocycles. The molecule has 1 heterocycles. The summed E-state index contributed by atoms with van der Waals surface area (Å²) in [4.78, 5) is 18.7. The molecule has 0 fully saturated rings. The lowest BCUT2D eigenvalue weighted by Gasteiger charge is -2.23. The number of carbonyl (C=O) groups excluding carboxylic acids is 1. The molecule has 0 spiro atoms. The van der Waals surface area contributed by atoms with Crippen LogP contribution in [0, 0.1) is 0 Å². The van der Waals surface area contributed by atoms with Crippen molar-refractivity contribution in [3.05, 3.63) is 59.8 Å². The van der Waals surface area contributed by atoms with Crippen molar-refractivity contribution in [2.24, 2.45) is 0 Å². The molecule has 1 aromatic carbocycles. The predicted molar refractivity (Wildman–Crippen MR) is 82.3 cm³/mol. The van der Waals surface area contributed by atoms with Gasteiger partial charge in [-0.05, 0) is 24.1 Å². The Morgan fingerprint density at radius 1 is 1.19 bits per heavy atom. The molecule has 1 amide bonds. The summed E-state index contributed by atoms with van der Waals surface area (Å²) in [6, 6.07) is 13.5. The minimum atomic E-state index is -0.0503. The zero-order valence-electron chi connectivity index (χ0n) is 12.5. The lowest BCUT2D eigenvalue weighted by Crippen LogP contribution is -2.31. The minimum absolute atomic E-state index is 0.0503. The van der Waals surface area contributed by atoms with Crippen LogP contribution in [0.2, 0.25) is 0 Å². The molecule has 0 N–H and O–H groups in total. The molecule has 110 valence electrons. The van der Waals surface area contributed by atoms with Crippen LogP contribution in [-0.4, -0.2) is 29.4 Å². The summed E-state index contributed by atoms with van der Waals surface area (Å²) in [5.74, 6) is 0.322. The van der Waals surface area contributed by atoms with Gasteiger partial charge in [-0.2, -0.15) is 0 Å². The number of rotatable bonds is 6. The molecule has 0 aliphatic heterocycles. The Morgan fingerprint density at radius 3 is 2.62 bits per heavy atom. The van der Waals surface area contributed by atoms with Crippen LogP contribution < -0.4 is 4.74 Å². The van der Waals surface area contributed by atoms with Crippen molar-refractivity contribution < 1.29 is 9.53 Å². The lowest BCUT2D eigenvalue weighted by atomic mass is 10.1. The van der Waals surface area contributed by atoms with E-state index in [4.69, 9.17) is 4.74 Å². The molecule has 0 unspecified atom stereocenters. The number of benzene rings is 1. The fraction of sp³-hybridized carbons (Fsp3) is 0.294. The highest BCUT2D eigenvalue weighted by Gasteiger charge is 2.19. The number of ether oxygens (including phenoxy) is 1. The number of nitrogens with zero attached hydrogens (tertiary/aromatic N) is 2. The number of amides is 1. The molecular weight excluding hydrogens is 264 g/mol. The first-order chi connectivity index (χ1) is 10.3. The molecule has 0 aliphatic rings. The molecule has 21 heavy (non-hydrogen) atoms. The van der Waals surface area contributed by atoms with Crippen molar-refractivity contribution in [3.8, 4) is 5.88 Å². The van der Waals surface area contributed by atoms with Gasteiger partial charge < -0.3 is 9.64 Å². The Hall–Kier alpha value is -2.36. The first-order valence-corrected chi connectivity index (χ1v) is 7.08. The first kappa shape index (κ1) is 15.0. The number of carbonyl (C=O) groups is 1. The Balaban J connectivity index is 2.23. The fourth-order valence-electron chi connectivity index (χ4n) is 2.21. The van der Waals surface area contributed by atoms with Crippen LogP contribution in [-0.2, 0) is 6.54 Å². The van der Waals surface area contributed by atoms with E-state index in [1.165, 1.54) is 7.11 Å². The van der Waals surface area contributed by atoms with Crippen LogP contribution in [0.1, 0.15) is 29.3 Å². The molecule has 2 rings (SSSR count). The molecule has 2 aromatic rings. The maximum Gasteiger partial charge on any atom is 0.259 e. The smallest absolute Gasteiger partial charge is 0.259 e. The van der Waals surface area contributed by atoms with E-state index in [0.717, 1.165) is 12.0 Å². The maximum absolute atomic E-state index is 12.7. The van der Waals surface area contributed by atoms with Crippen LogP contribution in [0.25, 0.3) is 0 Å². The first-order valence-electron chi connectivity index (χ1n) is 7.08. The van der Waals surface area contributed by atoms with E-state index in [0.29, 0.717) is 24.5 Å². The SMILES string of the molecule is CCCN(Cc1ccccc1)C(=O)c1cccnc1OC. The number of hydrogen-bond acceptors (Lipinski definition) is 3. The number of hydrogen-bond donors (Lipinski definition) is 0. The third kappa shape index (κ3) is 3.81. The van der Waals surface area contributed by atoms with Gasteiger partial charge in [0.1, 0.15) is 5.56 Å². The summed E-state index contributed by atoms with van der Waals surface area (Å²) in [6.45, 7) is 3.35. The number of pyridine rings is 1. The second-order valence-electron chi connectivity index (χ2n) is 4.77. The number of aromatic nitrogens is 1. The molecule has 0 atom stereocenters. The van der Waals surface area contributed by atoms with Gasteiger partial charge in [0.2, 0.25) is 5.88 Å². The van der Waals surface area contributed by atoms with Crippen molar-refractivity contribution in [1.29, 1.82) is 0 Å². The fourth-order valence-corrected chi connectivity index (χ4v) is 2.21. The highest BCUT2D eigenvalue weighted by Crippen LogP contribution is 2.18. The van der Waals surface area contributed by atoms with Crippen molar-refractivity contribution in [3.63, 3.8) is 0 Å². The van der Waals surface area contributed by atoms with Gasteiger partial charge in [0.25, 0.3) is 5.91 Å². The largest absolute Gasteiger partial charge is 0.480 e. The van der Waals surface area contributed by atoms with Crippen LogP contribution in [0.15, 0.2) is 48.7 Å². The van der Waals surface area contributed by atoms with E-state index in [1.807, 2.05) is 35.2 Å². The normalized spacial score (nSPS) is 10.2. The molecular formula is C17H20N2O2. The monoisotopic (exact) mass is 284 g/mol. The standard InChI is InChI=1S/C17H20N2O2/c1-3-12-19(13-14-8-5-4-6-9-14)17(20)15-10-7-11-18-16(15)21-2/h4-11H,3,12-13H2,1-2H3. The Labute approximate surface area is 125 Å². The minimum Gasteiger partial charge on any atom is -0.480 e. The second-order valence-corrected chi connectivity index (χ2v) is 4.77. The third-order valence-corrected chi connectivity index (χ3v) is 3.19. The molecule has 0 aliphatic carbocycles. The average Bonchev–Trinajstić information content (AvgIpc) is 2.54. The van der Waals surface area contributed by atoms with E-state index < -0.39 is 0 Å². The Morgan fingerprint density at radius 2 is 1.95 bits per heavy atom. The van der Waals surface area contributed by atoms with Crippen molar-refractivity contribution >= 4 is 5.91 Å². The van der Waals surface area contributed by atoms with E-state index in [9.17, 15) is 4.79 Å². The molecule has 0 saturated carbocycles. The molecule has 0 radical (unpaired) electrons. The molecule has 4 nitrogen and oxygen atoms in total. The highest BCUT2D eigenvalue weighted by atomic mass is 16.5. The van der Waals surface area contributed by atoms with Crippen molar-refractivity contribution in [1.82, 2.24) is 9.88 Å². The van der Waals surface area contributed by atoms with Crippen molar-refractivity contribution in [2.45, 2.75) is 19.9 Å². The molecule has 4 heteroatoms. The lowest BCUT2D eigenvalue weighted by molar-refractivity contribution is 0.0739. The van der Waals surface area contributed by atoms with E-state index in [2.05, 4.69) is 11.9 Å². The maximum atomic E-state index is 12.7. The van der Waals surface area contributed by atoms with Gasteiger partial charge in [-0.1, -0.05) is 37.3 Å². The van der Waals surface area contributed by atoms with Gasteiger partial charge in [-0.3, -0.25) is 4.79 Å². The number of methoxy groups -OCH3 is 1. The van der Waals surface area contributed by atoms with Gasteiger partial charge in [0.15, 0.2) is 0 Å². The molecule has 0 saturated heterocycles. The van der Waals surface area contributed by atoms with Gasteiger partial charge in [-0.15, -0.1) is 0 Å². The summed E-state index contributed by atoms with van der Waals surface area (Å²) in [6.07, 6.45) is 2.53. The third-order valence-electron chi connectivity index (χ3n) is 3.19. The Bertz CT molecular complexity index is 584. The van der Waals surface area contributed by atoms with E-state index in [-0.39, 0.29) is 5.91 Å². The zero-order valence-corrected chi connectivity index (χ0v) is 12.5. The second kappa shape index (κ2) is 7.43.